The molecule has 0 aliphatic heterocycles. The van der Waals surface area contributed by atoms with E-state index < -0.39 is 0 Å². The van der Waals surface area contributed by atoms with E-state index in [4.69, 9.17) is 4.74 Å². The van der Waals surface area contributed by atoms with E-state index in [1.54, 1.807) is 36.8 Å². The first kappa shape index (κ1) is 14.5. The summed E-state index contributed by atoms with van der Waals surface area (Å²) in [5.74, 6) is 0.437. The molecule has 21 heavy (non-hydrogen) atoms. The van der Waals surface area contributed by atoms with Crippen LogP contribution in [-0.4, -0.2) is 23.7 Å². The van der Waals surface area contributed by atoms with Gasteiger partial charge in [-0.1, -0.05) is 24.8 Å². The Balaban J connectivity index is 1.95. The summed E-state index contributed by atoms with van der Waals surface area (Å²) in [6.07, 6.45) is 6.34. The Bertz CT molecular complexity index is 639. The average Bonchev–Trinajstić information content (AvgIpc) is 2.54. The third-order valence-electron chi connectivity index (χ3n) is 2.55. The molecule has 0 atom stereocenters. The molecule has 0 saturated carbocycles. The van der Waals surface area contributed by atoms with E-state index in [2.05, 4.69) is 22.1 Å². The Kier molecular flexibility index (Phi) is 5.23. The van der Waals surface area contributed by atoms with Crippen molar-refractivity contribution in [1.29, 1.82) is 0 Å². The second-order valence-corrected chi connectivity index (χ2v) is 4.11. The second kappa shape index (κ2) is 7.59. The Morgan fingerprint density at radius 1 is 1.33 bits per heavy atom. The highest BCUT2D eigenvalue weighted by molar-refractivity contribution is 5.94. The molecule has 2 rings (SSSR count). The smallest absolute Gasteiger partial charge is 0.271 e. The summed E-state index contributed by atoms with van der Waals surface area (Å²) in [5.41, 5.74) is 3.79. The molecule has 5 nitrogen and oxygen atoms in total. The van der Waals surface area contributed by atoms with Crippen molar-refractivity contribution in [3.8, 4) is 5.75 Å². The van der Waals surface area contributed by atoms with Crippen LogP contribution in [0, 0.1) is 0 Å². The van der Waals surface area contributed by atoms with E-state index in [1.165, 1.54) is 0 Å². The van der Waals surface area contributed by atoms with Crippen molar-refractivity contribution in [3.63, 3.8) is 0 Å². The van der Waals surface area contributed by atoms with Crippen LogP contribution in [0.15, 0.2) is 66.5 Å². The Morgan fingerprint density at radius 2 is 2.14 bits per heavy atom. The molecular weight excluding hydrogens is 266 g/mol. The standard InChI is InChI=1S/C16H15N3O2/c1-2-10-21-15-5-3-4-13(11-15)12-18-19-16(20)14-6-8-17-9-7-14/h2-9,11-12H,1,10H2,(H,19,20). The number of amides is 1. The van der Waals surface area contributed by atoms with Crippen LogP contribution in [-0.2, 0) is 0 Å². The molecule has 0 saturated heterocycles. The Hall–Kier alpha value is -2.95. The minimum Gasteiger partial charge on any atom is -0.490 e. The average molecular weight is 281 g/mol. The van der Waals surface area contributed by atoms with Crippen LogP contribution in [0.5, 0.6) is 5.75 Å². The summed E-state index contributed by atoms with van der Waals surface area (Å²) < 4.78 is 5.42. The van der Waals surface area contributed by atoms with Crippen LogP contribution in [0.1, 0.15) is 15.9 Å². The summed E-state index contributed by atoms with van der Waals surface area (Å²) in [6, 6.07) is 10.6. The van der Waals surface area contributed by atoms with Crippen LogP contribution < -0.4 is 10.2 Å². The fraction of sp³-hybridized carbons (Fsp3) is 0.0625. The number of hydrogen-bond donors (Lipinski definition) is 1. The van der Waals surface area contributed by atoms with E-state index in [-0.39, 0.29) is 5.91 Å². The fourth-order valence-electron chi connectivity index (χ4n) is 1.57. The molecule has 5 heteroatoms. The number of hydrogen-bond acceptors (Lipinski definition) is 4. The fourth-order valence-corrected chi connectivity index (χ4v) is 1.57. The quantitative estimate of drug-likeness (QED) is 0.502. The van der Waals surface area contributed by atoms with E-state index in [0.29, 0.717) is 12.2 Å². The van der Waals surface area contributed by atoms with E-state index >= 15 is 0 Å². The van der Waals surface area contributed by atoms with Gasteiger partial charge in [0.05, 0.1) is 6.21 Å². The van der Waals surface area contributed by atoms with Gasteiger partial charge in [0.15, 0.2) is 0 Å². The molecular formula is C16H15N3O2. The van der Waals surface area contributed by atoms with Crippen molar-refractivity contribution in [1.82, 2.24) is 10.4 Å². The number of carbonyl (C=O) groups is 1. The third kappa shape index (κ3) is 4.58. The molecule has 2 aromatic rings. The summed E-state index contributed by atoms with van der Waals surface area (Å²) in [4.78, 5) is 15.6. The van der Waals surface area contributed by atoms with Crippen molar-refractivity contribution in [3.05, 3.63) is 72.6 Å². The molecule has 1 aromatic heterocycles. The van der Waals surface area contributed by atoms with Crippen molar-refractivity contribution in [2.45, 2.75) is 0 Å². The predicted octanol–water partition coefficient (Wildman–Crippen LogP) is 2.41. The lowest BCUT2D eigenvalue weighted by atomic mass is 10.2. The summed E-state index contributed by atoms with van der Waals surface area (Å²) in [7, 11) is 0. The number of pyridine rings is 1. The number of nitrogens with one attached hydrogen (secondary N) is 1. The monoisotopic (exact) mass is 281 g/mol. The van der Waals surface area contributed by atoms with Gasteiger partial charge in [0.2, 0.25) is 0 Å². The number of aromatic nitrogens is 1. The lowest BCUT2D eigenvalue weighted by Gasteiger charge is -2.03. The molecule has 0 bridgehead atoms. The molecule has 0 fully saturated rings. The van der Waals surface area contributed by atoms with Crippen molar-refractivity contribution in [2.24, 2.45) is 5.10 Å². The maximum atomic E-state index is 11.8. The van der Waals surface area contributed by atoms with Gasteiger partial charge in [-0.25, -0.2) is 5.43 Å². The van der Waals surface area contributed by atoms with E-state index in [1.807, 2.05) is 24.3 Å². The number of rotatable bonds is 6. The van der Waals surface area contributed by atoms with E-state index in [9.17, 15) is 4.79 Å². The maximum absolute atomic E-state index is 11.8. The van der Waals surface area contributed by atoms with Gasteiger partial charge >= 0.3 is 0 Å². The van der Waals surface area contributed by atoms with Crippen LogP contribution in [0.4, 0.5) is 0 Å². The number of nitrogens with zero attached hydrogens (tertiary/aromatic N) is 2. The van der Waals surface area contributed by atoms with Gasteiger partial charge in [-0.3, -0.25) is 9.78 Å². The lowest BCUT2D eigenvalue weighted by molar-refractivity contribution is 0.0955. The van der Waals surface area contributed by atoms with Gasteiger partial charge in [0, 0.05) is 18.0 Å². The highest BCUT2D eigenvalue weighted by Crippen LogP contribution is 2.11. The zero-order valence-corrected chi connectivity index (χ0v) is 11.4. The van der Waals surface area contributed by atoms with Gasteiger partial charge in [-0.05, 0) is 29.8 Å². The minimum absolute atomic E-state index is 0.285. The molecule has 1 N–H and O–H groups in total. The van der Waals surface area contributed by atoms with Crippen LogP contribution >= 0.6 is 0 Å². The molecule has 0 unspecified atom stereocenters. The zero-order valence-electron chi connectivity index (χ0n) is 11.4. The maximum Gasteiger partial charge on any atom is 0.271 e. The first-order valence-electron chi connectivity index (χ1n) is 6.37. The Morgan fingerprint density at radius 3 is 2.90 bits per heavy atom. The molecule has 1 amide bonds. The van der Waals surface area contributed by atoms with Crippen LogP contribution in [0.2, 0.25) is 0 Å². The first-order valence-corrected chi connectivity index (χ1v) is 6.37. The van der Waals surface area contributed by atoms with Gasteiger partial charge < -0.3 is 4.74 Å². The highest BCUT2D eigenvalue weighted by Gasteiger charge is 2.01. The Labute approximate surface area is 123 Å². The molecule has 0 spiro atoms. The molecule has 0 aliphatic rings. The zero-order chi connectivity index (χ0) is 14.9. The predicted molar refractivity (Wildman–Crippen MR) is 81.4 cm³/mol. The first-order chi connectivity index (χ1) is 10.3. The number of carbonyl (C=O) groups excluding carboxylic acids is 1. The van der Waals surface area contributed by atoms with Gasteiger partial charge in [0.1, 0.15) is 12.4 Å². The summed E-state index contributed by atoms with van der Waals surface area (Å²) in [5, 5.41) is 3.92. The third-order valence-corrected chi connectivity index (χ3v) is 2.55. The van der Waals surface area contributed by atoms with Crippen molar-refractivity contribution in [2.75, 3.05) is 6.61 Å². The second-order valence-electron chi connectivity index (χ2n) is 4.11. The SMILES string of the molecule is C=CCOc1cccc(C=NNC(=O)c2ccncc2)c1. The van der Waals surface area contributed by atoms with Crippen molar-refractivity contribution >= 4 is 12.1 Å². The van der Waals surface area contributed by atoms with E-state index in [0.717, 1.165) is 11.3 Å². The molecule has 1 aromatic carbocycles. The summed E-state index contributed by atoms with van der Waals surface area (Å²) >= 11 is 0. The number of ether oxygens (including phenoxy) is 1. The van der Waals surface area contributed by atoms with Gasteiger partial charge in [-0.2, -0.15) is 5.10 Å². The van der Waals surface area contributed by atoms with Crippen LogP contribution in [0.25, 0.3) is 0 Å². The molecule has 0 aliphatic carbocycles. The van der Waals surface area contributed by atoms with Gasteiger partial charge in [0.25, 0.3) is 5.91 Å². The molecule has 1 heterocycles. The minimum atomic E-state index is -0.285. The lowest BCUT2D eigenvalue weighted by Crippen LogP contribution is -2.17. The number of benzene rings is 1. The molecule has 0 radical (unpaired) electrons. The largest absolute Gasteiger partial charge is 0.490 e. The number of hydrazone groups is 1. The van der Waals surface area contributed by atoms with Gasteiger partial charge in [-0.15, -0.1) is 0 Å². The van der Waals surface area contributed by atoms with Crippen molar-refractivity contribution < 1.29 is 9.53 Å². The normalized spacial score (nSPS) is 10.3. The topological polar surface area (TPSA) is 63.6 Å². The highest BCUT2D eigenvalue weighted by atomic mass is 16.5. The summed E-state index contributed by atoms with van der Waals surface area (Å²) in [6.45, 7) is 4.04. The van der Waals surface area contributed by atoms with Crippen LogP contribution in [0.3, 0.4) is 0 Å². The molecule has 106 valence electrons.